The Morgan fingerprint density at radius 2 is 2.00 bits per heavy atom. The Labute approximate surface area is 175 Å². The first-order valence-corrected chi connectivity index (χ1v) is 9.28. The molecule has 0 saturated carbocycles. The summed E-state index contributed by atoms with van der Waals surface area (Å²) in [4.78, 5) is 10.4. The molecule has 3 rings (SSSR count). The molecule has 0 unspecified atom stereocenters. The van der Waals surface area contributed by atoms with Gasteiger partial charge in [-0.05, 0) is 42.1 Å². The van der Waals surface area contributed by atoms with E-state index >= 15 is 0 Å². The molecule has 0 amide bonds. The molecule has 1 aromatic carbocycles. The molecular formula is C20H23IN4S. The topological polar surface area (TPSA) is 49.3 Å². The van der Waals surface area contributed by atoms with Gasteiger partial charge in [0.05, 0.1) is 18.8 Å². The van der Waals surface area contributed by atoms with E-state index in [1.165, 1.54) is 4.88 Å². The Hall–Kier alpha value is -1.93. The maximum absolute atomic E-state index is 4.70. The van der Waals surface area contributed by atoms with Gasteiger partial charge in [-0.25, -0.2) is 4.99 Å². The van der Waals surface area contributed by atoms with E-state index in [1.54, 1.807) is 11.3 Å². The Kier molecular flexibility index (Phi) is 8.57. The highest BCUT2D eigenvalue weighted by Crippen LogP contribution is 2.18. The number of aromatic nitrogens is 1. The molecule has 0 aliphatic carbocycles. The highest BCUT2D eigenvalue weighted by molar-refractivity contribution is 14.0. The van der Waals surface area contributed by atoms with Crippen LogP contribution in [0.4, 0.5) is 0 Å². The van der Waals surface area contributed by atoms with E-state index in [0.29, 0.717) is 6.54 Å². The monoisotopic (exact) mass is 478 g/mol. The largest absolute Gasteiger partial charge is 0.357 e. The standard InChI is InChI=1S/C20H22N4S.HI/c1-2-21-20(24-15-18-9-6-12-25-18)23-14-16-7-5-8-17(13-16)19-10-3-4-11-22-19;/h3-13H,2,14-15H2,1H3,(H2,21,23,24);1H. The highest BCUT2D eigenvalue weighted by atomic mass is 127. The summed E-state index contributed by atoms with van der Waals surface area (Å²) in [6.07, 6.45) is 1.82. The number of guanidine groups is 1. The van der Waals surface area contributed by atoms with Gasteiger partial charge in [-0.3, -0.25) is 4.98 Å². The molecule has 26 heavy (non-hydrogen) atoms. The number of hydrogen-bond acceptors (Lipinski definition) is 3. The van der Waals surface area contributed by atoms with Crippen LogP contribution in [0.5, 0.6) is 0 Å². The number of rotatable bonds is 6. The molecule has 0 aliphatic heterocycles. The van der Waals surface area contributed by atoms with E-state index in [4.69, 9.17) is 4.99 Å². The van der Waals surface area contributed by atoms with Crippen molar-refractivity contribution >= 4 is 41.3 Å². The first-order chi connectivity index (χ1) is 12.3. The van der Waals surface area contributed by atoms with Crippen molar-refractivity contribution in [3.8, 4) is 11.3 Å². The summed E-state index contributed by atoms with van der Waals surface area (Å²) in [6, 6.07) is 18.5. The Bertz CT molecular complexity index is 804. The minimum absolute atomic E-state index is 0. The minimum atomic E-state index is 0. The second-order valence-corrected chi connectivity index (χ2v) is 6.58. The lowest BCUT2D eigenvalue weighted by molar-refractivity contribution is 0.823. The number of benzene rings is 1. The van der Waals surface area contributed by atoms with Crippen LogP contribution in [-0.4, -0.2) is 17.5 Å². The number of nitrogens with zero attached hydrogens (tertiary/aromatic N) is 2. The van der Waals surface area contributed by atoms with Crippen LogP contribution in [0.1, 0.15) is 17.4 Å². The number of halogens is 1. The molecule has 0 bridgehead atoms. The molecule has 0 fully saturated rings. The smallest absolute Gasteiger partial charge is 0.191 e. The lowest BCUT2D eigenvalue weighted by Crippen LogP contribution is -2.36. The normalized spacial score (nSPS) is 10.9. The fourth-order valence-electron chi connectivity index (χ4n) is 2.46. The Morgan fingerprint density at radius 3 is 2.73 bits per heavy atom. The Morgan fingerprint density at radius 1 is 1.08 bits per heavy atom. The summed E-state index contributed by atoms with van der Waals surface area (Å²) in [5.41, 5.74) is 3.26. The molecule has 136 valence electrons. The molecule has 2 heterocycles. The van der Waals surface area contributed by atoms with Crippen LogP contribution in [0.2, 0.25) is 0 Å². The van der Waals surface area contributed by atoms with Crippen molar-refractivity contribution in [1.29, 1.82) is 0 Å². The van der Waals surface area contributed by atoms with Gasteiger partial charge in [0.15, 0.2) is 5.96 Å². The average molecular weight is 478 g/mol. The van der Waals surface area contributed by atoms with Gasteiger partial charge in [-0.1, -0.05) is 30.3 Å². The third-order valence-corrected chi connectivity index (χ3v) is 4.54. The summed E-state index contributed by atoms with van der Waals surface area (Å²) in [5, 5.41) is 8.76. The van der Waals surface area contributed by atoms with E-state index in [2.05, 4.69) is 64.3 Å². The number of thiophene rings is 1. The van der Waals surface area contributed by atoms with Gasteiger partial charge in [0, 0.05) is 23.2 Å². The summed E-state index contributed by atoms with van der Waals surface area (Å²) in [5.74, 6) is 0.833. The van der Waals surface area contributed by atoms with Gasteiger partial charge in [0.25, 0.3) is 0 Å². The van der Waals surface area contributed by atoms with Gasteiger partial charge < -0.3 is 10.6 Å². The van der Waals surface area contributed by atoms with Crippen LogP contribution in [0.25, 0.3) is 11.3 Å². The van der Waals surface area contributed by atoms with Crippen LogP contribution >= 0.6 is 35.3 Å². The molecule has 4 nitrogen and oxygen atoms in total. The zero-order valence-electron chi connectivity index (χ0n) is 14.7. The number of hydrogen-bond donors (Lipinski definition) is 2. The van der Waals surface area contributed by atoms with Gasteiger partial charge >= 0.3 is 0 Å². The third kappa shape index (κ3) is 6.10. The summed E-state index contributed by atoms with van der Waals surface area (Å²) in [6.45, 7) is 4.33. The number of pyridine rings is 1. The zero-order chi connectivity index (χ0) is 17.3. The summed E-state index contributed by atoms with van der Waals surface area (Å²) >= 11 is 1.74. The first-order valence-electron chi connectivity index (χ1n) is 8.40. The zero-order valence-corrected chi connectivity index (χ0v) is 17.8. The lowest BCUT2D eigenvalue weighted by atomic mass is 10.1. The second-order valence-electron chi connectivity index (χ2n) is 5.54. The molecule has 0 spiro atoms. The Balaban J connectivity index is 0.00000243. The number of aliphatic imine (C=N–C) groups is 1. The minimum Gasteiger partial charge on any atom is -0.357 e. The van der Waals surface area contributed by atoms with Crippen LogP contribution in [0, 0.1) is 0 Å². The van der Waals surface area contributed by atoms with Crippen molar-refractivity contribution in [3.05, 3.63) is 76.6 Å². The molecule has 0 saturated heterocycles. The van der Waals surface area contributed by atoms with Gasteiger partial charge in [0.2, 0.25) is 0 Å². The van der Waals surface area contributed by atoms with Crippen LogP contribution in [-0.2, 0) is 13.1 Å². The van der Waals surface area contributed by atoms with Crippen LogP contribution in [0.3, 0.4) is 0 Å². The first kappa shape index (κ1) is 20.4. The summed E-state index contributed by atoms with van der Waals surface area (Å²) in [7, 11) is 0. The number of nitrogens with one attached hydrogen (secondary N) is 2. The van der Waals surface area contributed by atoms with Crippen molar-refractivity contribution in [3.63, 3.8) is 0 Å². The van der Waals surface area contributed by atoms with E-state index in [0.717, 1.165) is 35.9 Å². The molecule has 0 radical (unpaired) electrons. The summed E-state index contributed by atoms with van der Waals surface area (Å²) < 4.78 is 0. The third-order valence-electron chi connectivity index (χ3n) is 3.66. The van der Waals surface area contributed by atoms with E-state index in [1.807, 2.05) is 24.4 Å². The van der Waals surface area contributed by atoms with E-state index in [-0.39, 0.29) is 24.0 Å². The van der Waals surface area contributed by atoms with Crippen molar-refractivity contribution < 1.29 is 0 Å². The molecule has 2 aromatic heterocycles. The maximum Gasteiger partial charge on any atom is 0.191 e. The predicted octanol–water partition coefficient (Wildman–Crippen LogP) is 4.68. The fourth-order valence-corrected chi connectivity index (χ4v) is 3.10. The SMILES string of the molecule is CCNC(=NCc1cccc(-c2ccccn2)c1)NCc1cccs1.I. The molecule has 2 N–H and O–H groups in total. The van der Waals surface area contributed by atoms with Gasteiger partial charge in [0.1, 0.15) is 0 Å². The fraction of sp³-hybridized carbons (Fsp3) is 0.200. The van der Waals surface area contributed by atoms with Crippen LogP contribution < -0.4 is 10.6 Å². The quantitative estimate of drug-likeness (QED) is 0.307. The van der Waals surface area contributed by atoms with Gasteiger partial charge in [-0.2, -0.15) is 0 Å². The highest BCUT2D eigenvalue weighted by Gasteiger charge is 2.02. The van der Waals surface area contributed by atoms with E-state index < -0.39 is 0 Å². The molecule has 3 aromatic rings. The molecule has 0 aliphatic rings. The van der Waals surface area contributed by atoms with Crippen molar-refractivity contribution in [2.75, 3.05) is 6.54 Å². The predicted molar refractivity (Wildman–Crippen MR) is 121 cm³/mol. The van der Waals surface area contributed by atoms with Crippen LogP contribution in [0.15, 0.2) is 71.2 Å². The van der Waals surface area contributed by atoms with Gasteiger partial charge in [-0.15, -0.1) is 35.3 Å². The molecule has 0 atom stereocenters. The van der Waals surface area contributed by atoms with E-state index in [9.17, 15) is 0 Å². The molecular weight excluding hydrogens is 455 g/mol. The van der Waals surface area contributed by atoms with Crippen molar-refractivity contribution in [2.24, 2.45) is 4.99 Å². The van der Waals surface area contributed by atoms with Crippen molar-refractivity contribution in [1.82, 2.24) is 15.6 Å². The molecule has 6 heteroatoms. The second kappa shape index (κ2) is 10.9. The van der Waals surface area contributed by atoms with Crippen molar-refractivity contribution in [2.45, 2.75) is 20.0 Å². The maximum atomic E-state index is 4.70. The lowest BCUT2D eigenvalue weighted by Gasteiger charge is -2.10. The average Bonchev–Trinajstić information content (AvgIpc) is 3.18.